The fraction of sp³-hybridized carbons (Fsp3) is 0.543. The zero-order chi connectivity index (χ0) is 46.3. The third kappa shape index (κ3) is 11.8. The van der Waals surface area contributed by atoms with Crippen LogP contribution in [0.5, 0.6) is 0 Å². The number of halogens is 8. The van der Waals surface area contributed by atoms with Gasteiger partial charge >= 0.3 is 18.4 Å². The highest BCUT2D eigenvalue weighted by atomic mass is 35.5. The van der Waals surface area contributed by atoms with E-state index in [9.17, 15) is 40.7 Å². The first-order valence-corrected chi connectivity index (χ1v) is 22.4. The Balaban J connectivity index is 1.11. The van der Waals surface area contributed by atoms with Crippen LogP contribution in [-0.2, 0) is 48.8 Å². The molecule has 1 aliphatic carbocycles. The summed E-state index contributed by atoms with van der Waals surface area (Å²) < 4.78 is 101. The lowest BCUT2D eigenvalue weighted by Gasteiger charge is -2.46. The van der Waals surface area contributed by atoms with Crippen LogP contribution >= 0.6 is 23.2 Å². The maximum absolute atomic E-state index is 13.9. The van der Waals surface area contributed by atoms with Crippen molar-refractivity contribution < 1.29 is 54.9 Å². The van der Waals surface area contributed by atoms with Crippen LogP contribution in [-0.4, -0.2) is 111 Å². The number of alkyl halides is 6. The van der Waals surface area contributed by atoms with E-state index in [4.69, 9.17) is 37.4 Å². The number of carbonyl (C=O) groups excluding carboxylic acids is 3. The van der Waals surface area contributed by atoms with E-state index in [1.54, 1.807) is 30.1 Å². The van der Waals surface area contributed by atoms with Crippen molar-refractivity contribution in [2.45, 2.75) is 87.8 Å². The summed E-state index contributed by atoms with van der Waals surface area (Å²) in [6.07, 6.45) is -5.43. The van der Waals surface area contributed by atoms with Gasteiger partial charge in [0.15, 0.2) is 0 Å². The van der Waals surface area contributed by atoms with E-state index in [2.05, 4.69) is 22.3 Å². The molecule has 2 atom stereocenters. The largest absolute Gasteiger partial charge is 0.450 e. The Labute approximate surface area is 379 Å². The number of rotatable bonds is 16. The van der Waals surface area contributed by atoms with E-state index < -0.39 is 46.6 Å². The number of hydrogen-bond acceptors (Lipinski definition) is 7. The summed E-state index contributed by atoms with van der Waals surface area (Å²) in [6.45, 7) is 4.73. The molecule has 2 saturated heterocycles. The number of nitrogens with one attached hydrogen (secondary N) is 1. The highest BCUT2D eigenvalue weighted by Crippen LogP contribution is 2.48. The van der Waals surface area contributed by atoms with Crippen molar-refractivity contribution >= 4 is 41.1 Å². The van der Waals surface area contributed by atoms with Gasteiger partial charge in [-0.05, 0) is 105 Å². The maximum Gasteiger partial charge on any atom is 0.416 e. The number of carbonyl (C=O) groups is 3. The molecule has 2 fully saturated rings. The summed E-state index contributed by atoms with van der Waals surface area (Å²) in [5.74, 6) is -1.14. The standard InChI is InChI=1S/C46H54Cl2F6N4O6/c1-3-4-16-55-42(61)62-22-8-7-17-56(2)40(59)29-63-39-26-31-9-5-6-10-36(31)43(39)13-18-57(19-14-43)20-15-44(33-11-12-37(47)38(48)28-33)30-58(21-23-64-44)41(60)32-24-34(45(49,50)51)27-35(25-32)46(52,53)54/h5-6,9-12,24-25,27-28,39H,3-4,7-8,13-23,26,29-30H2,1-2H3,(H,55,61)/t39-,44-/m0/s1. The Morgan fingerprint density at radius 1 is 0.906 bits per heavy atom. The molecule has 2 heterocycles. The molecular formula is C46H54Cl2F6N4O6. The van der Waals surface area contributed by atoms with Gasteiger partial charge in [-0.25, -0.2) is 4.79 Å². The molecule has 3 aromatic rings. The first kappa shape index (κ1) is 49.3. The number of unbranched alkanes of at least 4 members (excludes halogenated alkanes) is 2. The molecule has 1 spiro atoms. The molecule has 3 aromatic carbocycles. The number of fused-ring (bicyclic) bond motifs is 2. The quantitative estimate of drug-likeness (QED) is 0.113. The van der Waals surface area contributed by atoms with Crippen molar-refractivity contribution in [2.24, 2.45) is 0 Å². The van der Waals surface area contributed by atoms with Gasteiger partial charge in [-0.2, -0.15) is 26.3 Å². The Morgan fingerprint density at radius 2 is 1.61 bits per heavy atom. The minimum atomic E-state index is -5.12. The number of nitrogens with zero attached hydrogens (tertiary/aromatic N) is 3. The molecule has 6 rings (SSSR count). The van der Waals surface area contributed by atoms with Gasteiger partial charge in [0.2, 0.25) is 5.91 Å². The lowest BCUT2D eigenvalue weighted by Crippen LogP contribution is -2.54. The van der Waals surface area contributed by atoms with E-state index in [-0.39, 0.29) is 66.4 Å². The van der Waals surface area contributed by atoms with Gasteiger partial charge < -0.3 is 34.2 Å². The maximum atomic E-state index is 13.9. The van der Waals surface area contributed by atoms with Crippen molar-refractivity contribution in [1.29, 1.82) is 0 Å². The normalized spacial score (nSPS) is 20.0. The molecule has 0 bridgehead atoms. The van der Waals surface area contributed by atoms with Crippen molar-refractivity contribution in [3.05, 3.63) is 104 Å². The highest BCUT2D eigenvalue weighted by molar-refractivity contribution is 6.42. The Kier molecular flexibility index (Phi) is 16.2. The summed E-state index contributed by atoms with van der Waals surface area (Å²) in [5, 5.41) is 3.18. The molecule has 10 nitrogen and oxygen atoms in total. The second-order valence-electron chi connectivity index (χ2n) is 16.8. The van der Waals surface area contributed by atoms with Gasteiger partial charge in [-0.1, -0.05) is 66.9 Å². The molecule has 0 aromatic heterocycles. The number of morpholine rings is 1. The summed E-state index contributed by atoms with van der Waals surface area (Å²) in [4.78, 5) is 44.0. The van der Waals surface area contributed by atoms with Crippen molar-refractivity contribution in [3.63, 3.8) is 0 Å². The summed E-state index contributed by atoms with van der Waals surface area (Å²) in [7, 11) is 1.73. The monoisotopic (exact) mass is 942 g/mol. The number of ether oxygens (including phenoxy) is 3. The lowest BCUT2D eigenvalue weighted by atomic mass is 9.72. The number of likely N-dealkylation sites (N-methyl/N-ethyl adjacent to an activating group) is 1. The second-order valence-corrected chi connectivity index (χ2v) is 17.7. The number of piperidine rings is 1. The number of likely N-dealkylation sites (tertiary alicyclic amines) is 1. The third-order valence-corrected chi connectivity index (χ3v) is 13.4. The minimum absolute atomic E-state index is 0.00325. The van der Waals surface area contributed by atoms with Crippen LogP contribution in [0.3, 0.4) is 0 Å². The van der Waals surface area contributed by atoms with E-state index in [0.717, 1.165) is 12.8 Å². The Hall–Kier alpha value is -4.09. The number of alkyl carbamates (subject to hydrolysis) is 1. The molecule has 2 aliphatic heterocycles. The van der Waals surface area contributed by atoms with Gasteiger partial charge in [-0.15, -0.1) is 0 Å². The number of benzene rings is 3. The molecule has 1 N–H and O–H groups in total. The Morgan fingerprint density at radius 3 is 2.28 bits per heavy atom. The molecule has 18 heteroatoms. The average Bonchev–Trinajstić information content (AvgIpc) is 3.57. The highest BCUT2D eigenvalue weighted by Gasteiger charge is 2.50. The van der Waals surface area contributed by atoms with E-state index in [1.165, 1.54) is 16.0 Å². The van der Waals surface area contributed by atoms with Crippen molar-refractivity contribution in [2.75, 3.05) is 72.7 Å². The van der Waals surface area contributed by atoms with Gasteiger partial charge in [0, 0.05) is 44.2 Å². The van der Waals surface area contributed by atoms with Crippen LogP contribution < -0.4 is 5.32 Å². The summed E-state index contributed by atoms with van der Waals surface area (Å²) in [6, 6.07) is 14.0. The van der Waals surface area contributed by atoms with Crippen molar-refractivity contribution in [1.82, 2.24) is 20.0 Å². The van der Waals surface area contributed by atoms with Gasteiger partial charge in [0.05, 0.1) is 47.0 Å². The summed E-state index contributed by atoms with van der Waals surface area (Å²) >= 11 is 12.7. The van der Waals surface area contributed by atoms with Gasteiger partial charge in [-0.3, -0.25) is 9.59 Å². The third-order valence-electron chi connectivity index (χ3n) is 12.7. The summed E-state index contributed by atoms with van der Waals surface area (Å²) in [5.41, 5.74) is -2.56. The zero-order valence-electron chi connectivity index (χ0n) is 35.9. The van der Waals surface area contributed by atoms with Crippen LogP contribution in [0.4, 0.5) is 31.1 Å². The molecule has 0 unspecified atom stereocenters. The predicted molar refractivity (Wildman–Crippen MR) is 229 cm³/mol. The minimum Gasteiger partial charge on any atom is -0.450 e. The van der Waals surface area contributed by atoms with E-state index >= 15 is 0 Å². The van der Waals surface area contributed by atoms with E-state index in [1.807, 2.05) is 19.1 Å². The number of amides is 3. The SMILES string of the molecule is CCCCNC(=O)OCCCCN(C)C(=O)CO[C@H]1Cc2ccccc2C12CCN(CC[C@@]1(c3ccc(Cl)c(Cl)c3)CN(C(=O)c3cc(C(F)(F)F)cc(C(F)(F)F)c3)CCO1)CC2. The topological polar surface area (TPSA) is 101 Å². The van der Waals surface area contributed by atoms with Crippen LogP contribution in [0.25, 0.3) is 0 Å². The first-order valence-electron chi connectivity index (χ1n) is 21.6. The average molecular weight is 944 g/mol. The van der Waals surface area contributed by atoms with Gasteiger partial charge in [0.25, 0.3) is 5.91 Å². The lowest BCUT2D eigenvalue weighted by molar-refractivity contribution is -0.143. The first-order chi connectivity index (χ1) is 30.3. The van der Waals surface area contributed by atoms with Crippen molar-refractivity contribution in [3.8, 4) is 0 Å². The van der Waals surface area contributed by atoms with E-state index in [0.29, 0.717) is 88.9 Å². The van der Waals surface area contributed by atoms with Crippen LogP contribution in [0.15, 0.2) is 60.7 Å². The number of hydrogen-bond donors (Lipinski definition) is 1. The fourth-order valence-electron chi connectivity index (χ4n) is 8.99. The van der Waals surface area contributed by atoms with Crippen LogP contribution in [0, 0.1) is 0 Å². The molecule has 350 valence electrons. The van der Waals surface area contributed by atoms with Crippen LogP contribution in [0.1, 0.15) is 90.0 Å². The molecule has 3 aliphatic rings. The molecule has 3 amide bonds. The van der Waals surface area contributed by atoms with Crippen LogP contribution in [0.2, 0.25) is 10.0 Å². The van der Waals surface area contributed by atoms with Gasteiger partial charge in [0.1, 0.15) is 12.2 Å². The molecule has 0 radical (unpaired) electrons. The molecule has 0 saturated carbocycles. The Bertz CT molecular complexity index is 2080. The molecule has 64 heavy (non-hydrogen) atoms. The zero-order valence-corrected chi connectivity index (χ0v) is 37.4. The predicted octanol–water partition coefficient (Wildman–Crippen LogP) is 9.53. The second kappa shape index (κ2) is 21.0. The molecular weight excluding hydrogens is 889 g/mol. The fourth-order valence-corrected chi connectivity index (χ4v) is 9.28. The smallest absolute Gasteiger partial charge is 0.416 e.